The van der Waals surface area contributed by atoms with Crippen LogP contribution in [0.2, 0.25) is 0 Å². The Morgan fingerprint density at radius 3 is 3.25 bits per heavy atom. The number of hydrogen-bond donors (Lipinski definition) is 0. The van der Waals surface area contributed by atoms with E-state index in [1.54, 1.807) is 18.4 Å². The predicted octanol–water partition coefficient (Wildman–Crippen LogP) is 2.79. The molecule has 2 aromatic heterocycles. The van der Waals surface area contributed by atoms with E-state index in [1.165, 1.54) is 16.8 Å². The second kappa shape index (κ2) is 6.52. The number of ether oxygens (including phenoxy) is 2. The monoisotopic (exact) mass is 292 g/mol. The Bertz CT molecular complexity index is 558. The minimum absolute atomic E-state index is 0.620. The Balaban J connectivity index is 1.61. The van der Waals surface area contributed by atoms with Crippen LogP contribution in [0.15, 0.2) is 23.7 Å². The topological polar surface area (TPSA) is 34.6 Å². The number of rotatable bonds is 6. The van der Waals surface area contributed by atoms with Gasteiger partial charge in [0.2, 0.25) is 0 Å². The second-order valence-corrected chi connectivity index (χ2v) is 6.05. The van der Waals surface area contributed by atoms with Gasteiger partial charge in [-0.25, -0.2) is 0 Å². The summed E-state index contributed by atoms with van der Waals surface area (Å²) < 4.78 is 11.9. The third-order valence-corrected chi connectivity index (χ3v) is 4.66. The third kappa shape index (κ3) is 2.95. The van der Waals surface area contributed by atoms with Crippen LogP contribution in [0.25, 0.3) is 10.2 Å². The molecule has 1 atom stereocenters. The molecule has 1 saturated heterocycles. The molecule has 0 N–H and O–H groups in total. The highest BCUT2D eigenvalue weighted by atomic mass is 32.1. The van der Waals surface area contributed by atoms with Crippen LogP contribution in [-0.2, 0) is 9.47 Å². The number of nitrogens with zero attached hydrogens (tertiary/aromatic N) is 2. The second-order valence-electron chi connectivity index (χ2n) is 5.13. The quantitative estimate of drug-likeness (QED) is 0.767. The number of aromatic nitrogens is 1. The molecule has 0 amide bonds. The van der Waals surface area contributed by atoms with Crippen molar-refractivity contribution in [3.8, 4) is 0 Å². The number of anilines is 1. The van der Waals surface area contributed by atoms with E-state index in [-0.39, 0.29) is 0 Å². The third-order valence-electron chi connectivity index (χ3n) is 3.73. The van der Waals surface area contributed by atoms with Crippen LogP contribution in [0.1, 0.15) is 6.42 Å². The van der Waals surface area contributed by atoms with Gasteiger partial charge in [-0.15, -0.1) is 11.3 Å². The molecule has 0 saturated carbocycles. The lowest BCUT2D eigenvalue weighted by Crippen LogP contribution is -2.21. The van der Waals surface area contributed by atoms with Crippen molar-refractivity contribution in [3.05, 3.63) is 23.7 Å². The summed E-state index contributed by atoms with van der Waals surface area (Å²) in [7, 11) is 1.70. The average Bonchev–Trinajstić information content (AvgIpc) is 3.12. The van der Waals surface area contributed by atoms with E-state index >= 15 is 0 Å². The SMILES string of the molecule is COCCOCC1CCN(c2ccnc3ccsc23)C1. The lowest BCUT2D eigenvalue weighted by atomic mass is 10.1. The number of pyridine rings is 1. The van der Waals surface area contributed by atoms with Gasteiger partial charge in [-0.2, -0.15) is 0 Å². The zero-order chi connectivity index (χ0) is 13.8. The molecule has 1 aliphatic heterocycles. The number of methoxy groups -OCH3 is 1. The van der Waals surface area contributed by atoms with Crippen LogP contribution < -0.4 is 4.90 Å². The molecular weight excluding hydrogens is 272 g/mol. The normalized spacial score (nSPS) is 19.1. The van der Waals surface area contributed by atoms with Gasteiger partial charge in [-0.05, 0) is 23.9 Å². The number of fused-ring (bicyclic) bond motifs is 1. The Kier molecular flexibility index (Phi) is 4.50. The van der Waals surface area contributed by atoms with Crippen molar-refractivity contribution in [3.63, 3.8) is 0 Å². The van der Waals surface area contributed by atoms with Crippen molar-refractivity contribution in [2.45, 2.75) is 6.42 Å². The molecule has 1 aliphatic rings. The fraction of sp³-hybridized carbons (Fsp3) is 0.533. The van der Waals surface area contributed by atoms with Gasteiger partial charge < -0.3 is 14.4 Å². The minimum Gasteiger partial charge on any atom is -0.382 e. The molecule has 0 spiro atoms. The Hall–Kier alpha value is -1.17. The highest BCUT2D eigenvalue weighted by Crippen LogP contribution is 2.33. The van der Waals surface area contributed by atoms with E-state index in [2.05, 4.69) is 27.4 Å². The fourth-order valence-electron chi connectivity index (χ4n) is 2.69. The summed E-state index contributed by atoms with van der Waals surface area (Å²) in [5, 5.41) is 2.11. The van der Waals surface area contributed by atoms with Gasteiger partial charge in [0.1, 0.15) is 0 Å². The highest BCUT2D eigenvalue weighted by molar-refractivity contribution is 7.17. The maximum atomic E-state index is 5.65. The van der Waals surface area contributed by atoms with E-state index in [0.29, 0.717) is 19.1 Å². The van der Waals surface area contributed by atoms with E-state index in [1.807, 2.05) is 6.20 Å². The van der Waals surface area contributed by atoms with Gasteiger partial charge in [0.25, 0.3) is 0 Å². The molecule has 4 nitrogen and oxygen atoms in total. The number of thiophene rings is 1. The van der Waals surface area contributed by atoms with Crippen LogP contribution in [0.3, 0.4) is 0 Å². The molecule has 20 heavy (non-hydrogen) atoms. The van der Waals surface area contributed by atoms with Crippen LogP contribution in [-0.4, -0.2) is 45.0 Å². The van der Waals surface area contributed by atoms with Crippen molar-refractivity contribution >= 4 is 27.2 Å². The lowest BCUT2D eigenvalue weighted by molar-refractivity contribution is 0.0549. The van der Waals surface area contributed by atoms with Crippen molar-refractivity contribution in [2.24, 2.45) is 5.92 Å². The first-order chi connectivity index (χ1) is 9.88. The molecule has 1 fully saturated rings. The summed E-state index contributed by atoms with van der Waals surface area (Å²) in [5.74, 6) is 0.620. The predicted molar refractivity (Wildman–Crippen MR) is 82.6 cm³/mol. The van der Waals surface area contributed by atoms with Crippen molar-refractivity contribution in [1.29, 1.82) is 0 Å². The molecule has 3 heterocycles. The maximum Gasteiger partial charge on any atom is 0.0830 e. The molecule has 0 radical (unpaired) electrons. The molecule has 0 bridgehead atoms. The first kappa shape index (κ1) is 13.8. The largest absolute Gasteiger partial charge is 0.382 e. The number of hydrogen-bond acceptors (Lipinski definition) is 5. The van der Waals surface area contributed by atoms with E-state index in [0.717, 1.165) is 25.2 Å². The van der Waals surface area contributed by atoms with Gasteiger partial charge in [-0.1, -0.05) is 0 Å². The maximum absolute atomic E-state index is 5.65. The highest BCUT2D eigenvalue weighted by Gasteiger charge is 2.24. The van der Waals surface area contributed by atoms with Crippen LogP contribution in [0, 0.1) is 5.92 Å². The Morgan fingerprint density at radius 2 is 2.35 bits per heavy atom. The summed E-state index contributed by atoms with van der Waals surface area (Å²) in [6.45, 7) is 4.38. The standard InChI is InChI=1S/C15H20N2O2S/c1-18-7-8-19-11-12-3-6-17(10-12)14-2-5-16-13-4-9-20-15(13)14/h2,4-5,9,12H,3,6-8,10-11H2,1H3. The summed E-state index contributed by atoms with van der Waals surface area (Å²) in [4.78, 5) is 6.87. The van der Waals surface area contributed by atoms with E-state index in [9.17, 15) is 0 Å². The first-order valence-corrected chi connectivity index (χ1v) is 7.90. The van der Waals surface area contributed by atoms with Crippen molar-refractivity contribution in [2.75, 3.05) is 44.9 Å². The van der Waals surface area contributed by atoms with Crippen molar-refractivity contribution < 1.29 is 9.47 Å². The Labute approximate surface area is 123 Å². The van der Waals surface area contributed by atoms with Crippen LogP contribution in [0.4, 0.5) is 5.69 Å². The zero-order valence-electron chi connectivity index (χ0n) is 11.7. The van der Waals surface area contributed by atoms with E-state index < -0.39 is 0 Å². The fourth-order valence-corrected chi connectivity index (χ4v) is 3.58. The van der Waals surface area contributed by atoms with E-state index in [4.69, 9.17) is 9.47 Å². The average molecular weight is 292 g/mol. The summed E-state index contributed by atoms with van der Waals surface area (Å²) in [6, 6.07) is 4.22. The lowest BCUT2D eigenvalue weighted by Gasteiger charge is -2.19. The Morgan fingerprint density at radius 1 is 1.40 bits per heavy atom. The van der Waals surface area contributed by atoms with Gasteiger partial charge in [-0.3, -0.25) is 4.98 Å². The van der Waals surface area contributed by atoms with Crippen LogP contribution >= 0.6 is 11.3 Å². The van der Waals surface area contributed by atoms with Crippen molar-refractivity contribution in [1.82, 2.24) is 4.98 Å². The van der Waals surface area contributed by atoms with Gasteiger partial charge in [0.15, 0.2) is 0 Å². The molecule has 2 aromatic rings. The van der Waals surface area contributed by atoms with Gasteiger partial charge >= 0.3 is 0 Å². The molecule has 0 aromatic carbocycles. The summed E-state index contributed by atoms with van der Waals surface area (Å²) >= 11 is 1.77. The molecular formula is C15H20N2O2S. The molecule has 5 heteroatoms. The molecule has 3 rings (SSSR count). The molecule has 1 unspecified atom stereocenters. The van der Waals surface area contributed by atoms with Crippen LogP contribution in [0.5, 0.6) is 0 Å². The first-order valence-electron chi connectivity index (χ1n) is 7.02. The summed E-state index contributed by atoms with van der Waals surface area (Å²) in [5.41, 5.74) is 2.43. The molecule has 0 aliphatic carbocycles. The minimum atomic E-state index is 0.620. The summed E-state index contributed by atoms with van der Waals surface area (Å²) in [6.07, 6.45) is 3.11. The van der Waals surface area contributed by atoms with Gasteiger partial charge in [0, 0.05) is 32.3 Å². The smallest absolute Gasteiger partial charge is 0.0830 e. The zero-order valence-corrected chi connectivity index (χ0v) is 12.6. The molecule has 108 valence electrons. The van der Waals surface area contributed by atoms with Gasteiger partial charge in [0.05, 0.1) is 35.7 Å².